The van der Waals surface area contributed by atoms with Crippen LogP contribution in [0.15, 0.2) is 27.9 Å². The standard InChI is InChI=1S/C21H29N5O4/c1-21(2,3)23-20(29)30-15-7-9-24(10-8-15)13-14-6-11-25-18(28)12-22-16-4-5-17(27)26(14)19(16)25/h4-5,12,14-15H,6-11,13H2,1-3H3,(H,23,29). The average molecular weight is 415 g/mol. The van der Waals surface area contributed by atoms with Crippen molar-refractivity contribution in [3.63, 3.8) is 0 Å². The molecule has 0 radical (unpaired) electrons. The summed E-state index contributed by atoms with van der Waals surface area (Å²) in [4.78, 5) is 43.3. The maximum atomic E-state index is 12.6. The number of pyridine rings is 1. The van der Waals surface area contributed by atoms with Gasteiger partial charge >= 0.3 is 6.09 Å². The van der Waals surface area contributed by atoms with Gasteiger partial charge in [0.1, 0.15) is 17.3 Å². The lowest BCUT2D eigenvalue weighted by atomic mass is 10.0. The van der Waals surface area contributed by atoms with E-state index >= 15 is 0 Å². The van der Waals surface area contributed by atoms with E-state index in [1.807, 2.05) is 20.8 Å². The summed E-state index contributed by atoms with van der Waals surface area (Å²) in [6, 6.07) is 3.19. The first-order valence-corrected chi connectivity index (χ1v) is 10.5. The van der Waals surface area contributed by atoms with Gasteiger partial charge in [0.2, 0.25) is 0 Å². The molecule has 0 spiro atoms. The Morgan fingerprint density at radius 2 is 1.87 bits per heavy atom. The van der Waals surface area contributed by atoms with Crippen LogP contribution in [0.25, 0.3) is 11.2 Å². The third-order valence-corrected chi connectivity index (χ3v) is 5.72. The van der Waals surface area contributed by atoms with E-state index < -0.39 is 0 Å². The molecule has 2 aliphatic heterocycles. The van der Waals surface area contributed by atoms with Crippen molar-refractivity contribution in [3.8, 4) is 0 Å². The molecule has 1 unspecified atom stereocenters. The van der Waals surface area contributed by atoms with Crippen LogP contribution in [0.4, 0.5) is 4.79 Å². The first-order chi connectivity index (χ1) is 14.2. The lowest BCUT2D eigenvalue weighted by Crippen LogP contribution is -2.46. The number of alkyl carbamates (subject to hydrolysis) is 1. The van der Waals surface area contributed by atoms with Crippen LogP contribution < -0.4 is 16.4 Å². The fourth-order valence-corrected chi connectivity index (χ4v) is 4.34. The van der Waals surface area contributed by atoms with Crippen LogP contribution in [-0.2, 0) is 11.3 Å². The summed E-state index contributed by atoms with van der Waals surface area (Å²) >= 11 is 0. The third kappa shape index (κ3) is 4.26. The minimum atomic E-state index is -0.374. The van der Waals surface area contributed by atoms with Gasteiger partial charge in [-0.25, -0.2) is 9.78 Å². The number of nitrogens with one attached hydrogen (secondary N) is 1. The fourth-order valence-electron chi connectivity index (χ4n) is 4.34. The molecular weight excluding hydrogens is 386 g/mol. The molecule has 162 valence electrons. The molecule has 4 rings (SSSR count). The molecule has 2 aliphatic rings. The molecule has 1 fully saturated rings. The van der Waals surface area contributed by atoms with E-state index in [4.69, 9.17) is 4.74 Å². The molecule has 0 bridgehead atoms. The minimum absolute atomic E-state index is 0.00791. The first kappa shape index (κ1) is 20.6. The highest BCUT2D eigenvalue weighted by Gasteiger charge is 2.29. The summed E-state index contributed by atoms with van der Waals surface area (Å²) in [6.07, 6.45) is 3.10. The number of ether oxygens (including phenoxy) is 1. The van der Waals surface area contributed by atoms with E-state index in [-0.39, 0.29) is 34.9 Å². The Hall–Kier alpha value is -2.68. The summed E-state index contributed by atoms with van der Waals surface area (Å²) in [5.74, 6) is 0. The monoisotopic (exact) mass is 415 g/mol. The molecule has 2 aromatic rings. The zero-order chi connectivity index (χ0) is 21.5. The lowest BCUT2D eigenvalue weighted by molar-refractivity contribution is 0.0427. The Kier molecular flexibility index (Phi) is 5.40. The molecule has 9 nitrogen and oxygen atoms in total. The number of aromatic nitrogens is 3. The lowest BCUT2D eigenvalue weighted by Gasteiger charge is -2.36. The van der Waals surface area contributed by atoms with Gasteiger partial charge in [0.25, 0.3) is 11.1 Å². The number of hydrogen-bond donors (Lipinski definition) is 1. The molecule has 4 heterocycles. The molecule has 1 N–H and O–H groups in total. The Morgan fingerprint density at radius 3 is 2.57 bits per heavy atom. The van der Waals surface area contributed by atoms with Crippen LogP contribution >= 0.6 is 0 Å². The van der Waals surface area contributed by atoms with E-state index in [9.17, 15) is 14.4 Å². The molecule has 0 saturated carbocycles. The second-order valence-electron chi connectivity index (χ2n) is 9.22. The SMILES string of the molecule is CC(C)(C)NC(=O)OC1CCN(CC2CCn3c(=O)cnc4ccc(=O)n2c43)CC1. The zero-order valence-corrected chi connectivity index (χ0v) is 17.8. The summed E-state index contributed by atoms with van der Waals surface area (Å²) < 4.78 is 8.93. The maximum absolute atomic E-state index is 12.6. The number of amides is 1. The van der Waals surface area contributed by atoms with Gasteiger partial charge in [0.15, 0.2) is 0 Å². The predicted octanol–water partition coefficient (Wildman–Crippen LogP) is 1.49. The second-order valence-corrected chi connectivity index (χ2v) is 9.22. The second kappa shape index (κ2) is 7.86. The maximum Gasteiger partial charge on any atom is 0.407 e. The highest BCUT2D eigenvalue weighted by Crippen LogP contribution is 2.25. The number of rotatable bonds is 3. The number of likely N-dealkylation sites (tertiary alicyclic amines) is 1. The predicted molar refractivity (Wildman–Crippen MR) is 113 cm³/mol. The highest BCUT2D eigenvalue weighted by molar-refractivity contribution is 5.70. The van der Waals surface area contributed by atoms with Crippen molar-refractivity contribution >= 4 is 17.3 Å². The van der Waals surface area contributed by atoms with Crippen molar-refractivity contribution in [2.75, 3.05) is 19.6 Å². The fraction of sp³-hybridized carbons (Fsp3) is 0.619. The summed E-state index contributed by atoms with van der Waals surface area (Å²) in [7, 11) is 0. The van der Waals surface area contributed by atoms with Crippen LogP contribution in [-0.4, -0.2) is 56.4 Å². The van der Waals surface area contributed by atoms with Gasteiger partial charge in [0, 0.05) is 37.8 Å². The number of hydrogen-bond acceptors (Lipinski definition) is 6. The number of aryl methyl sites for hydroxylation is 1. The van der Waals surface area contributed by atoms with Gasteiger partial charge in [-0.2, -0.15) is 0 Å². The van der Waals surface area contributed by atoms with Gasteiger partial charge < -0.3 is 15.0 Å². The van der Waals surface area contributed by atoms with Crippen LogP contribution in [0.1, 0.15) is 46.1 Å². The van der Waals surface area contributed by atoms with Crippen molar-refractivity contribution < 1.29 is 9.53 Å². The smallest absolute Gasteiger partial charge is 0.407 e. The van der Waals surface area contributed by atoms with E-state index in [1.165, 1.54) is 12.3 Å². The summed E-state index contributed by atoms with van der Waals surface area (Å²) in [5, 5.41) is 2.83. The van der Waals surface area contributed by atoms with Gasteiger partial charge in [-0.3, -0.25) is 18.7 Å². The summed E-state index contributed by atoms with van der Waals surface area (Å²) in [5.41, 5.74) is 0.677. The molecule has 9 heteroatoms. The van der Waals surface area contributed by atoms with E-state index in [1.54, 1.807) is 15.2 Å². The first-order valence-electron chi connectivity index (χ1n) is 10.5. The van der Waals surface area contributed by atoms with E-state index in [0.717, 1.165) is 38.9 Å². The van der Waals surface area contributed by atoms with Gasteiger partial charge in [-0.15, -0.1) is 0 Å². The van der Waals surface area contributed by atoms with Gasteiger partial charge in [-0.05, 0) is 46.1 Å². The molecule has 30 heavy (non-hydrogen) atoms. The van der Waals surface area contributed by atoms with E-state index in [2.05, 4.69) is 15.2 Å². The quantitative estimate of drug-likeness (QED) is 0.816. The Bertz CT molecular complexity index is 1050. The van der Waals surface area contributed by atoms with Gasteiger partial charge in [0.05, 0.1) is 12.2 Å². The van der Waals surface area contributed by atoms with Crippen LogP contribution in [0, 0.1) is 0 Å². The number of nitrogens with zero attached hydrogens (tertiary/aromatic N) is 4. The van der Waals surface area contributed by atoms with Crippen LogP contribution in [0.3, 0.4) is 0 Å². The number of carbonyl (C=O) groups excluding carboxylic acids is 1. The Labute approximate surface area is 174 Å². The average Bonchev–Trinajstić information content (AvgIpc) is 2.67. The Morgan fingerprint density at radius 1 is 1.13 bits per heavy atom. The molecule has 2 aromatic heterocycles. The number of carbonyl (C=O) groups is 1. The van der Waals surface area contributed by atoms with Crippen molar-refractivity contribution in [1.82, 2.24) is 24.3 Å². The van der Waals surface area contributed by atoms with Crippen molar-refractivity contribution in [2.24, 2.45) is 0 Å². The van der Waals surface area contributed by atoms with Crippen molar-refractivity contribution in [2.45, 2.75) is 64.3 Å². The number of piperidine rings is 1. The molecule has 0 aliphatic carbocycles. The molecule has 1 atom stereocenters. The largest absolute Gasteiger partial charge is 0.446 e. The van der Waals surface area contributed by atoms with E-state index in [0.29, 0.717) is 17.7 Å². The normalized spacial score (nSPS) is 20.3. The summed E-state index contributed by atoms with van der Waals surface area (Å²) in [6.45, 7) is 8.67. The minimum Gasteiger partial charge on any atom is -0.446 e. The topological polar surface area (TPSA) is 98.5 Å². The van der Waals surface area contributed by atoms with Crippen LogP contribution in [0.5, 0.6) is 0 Å². The van der Waals surface area contributed by atoms with Gasteiger partial charge in [-0.1, -0.05) is 0 Å². The van der Waals surface area contributed by atoms with Crippen LogP contribution in [0.2, 0.25) is 0 Å². The van der Waals surface area contributed by atoms with Crippen molar-refractivity contribution in [1.29, 1.82) is 0 Å². The molecule has 1 saturated heterocycles. The third-order valence-electron chi connectivity index (χ3n) is 5.72. The zero-order valence-electron chi connectivity index (χ0n) is 17.8. The molecular formula is C21H29N5O4. The van der Waals surface area contributed by atoms with Crippen molar-refractivity contribution in [3.05, 3.63) is 39.0 Å². The molecule has 0 aromatic carbocycles. The highest BCUT2D eigenvalue weighted by atomic mass is 16.6. The Balaban J connectivity index is 1.43. The molecule has 1 amide bonds.